The molecule has 9 heteroatoms. The summed E-state index contributed by atoms with van der Waals surface area (Å²) in [4.78, 5) is 25.3. The Morgan fingerprint density at radius 2 is 0.687 bits per heavy atom. The maximum atomic E-state index is 12.8. The van der Waals surface area contributed by atoms with Crippen LogP contribution in [0.5, 0.6) is 0 Å². The zero-order chi connectivity index (χ0) is 49.0. The van der Waals surface area contributed by atoms with Crippen LogP contribution in [0.15, 0.2) is 0 Å². The van der Waals surface area contributed by atoms with Gasteiger partial charge in [0.2, 0.25) is 0 Å². The lowest BCUT2D eigenvalue weighted by molar-refractivity contribution is -0.870. The lowest BCUT2D eigenvalue weighted by atomic mass is 10.0. The predicted molar refractivity (Wildman–Crippen MR) is 287 cm³/mol. The van der Waals surface area contributed by atoms with Gasteiger partial charge in [-0.1, -0.05) is 290 Å². The Kier molecular flexibility index (Phi) is 51.5. The van der Waals surface area contributed by atoms with Gasteiger partial charge in [-0.3, -0.25) is 9.36 Å². The molecule has 0 saturated carbocycles. The Morgan fingerprint density at radius 3 is 0.985 bits per heavy atom. The lowest BCUT2D eigenvalue weighted by Crippen LogP contribution is -2.37. The molecule has 0 saturated heterocycles. The normalized spacial score (nSPS) is 13.3. The number of hydrogen-bond acceptors (Lipinski definition) is 7. The molecule has 0 N–H and O–H groups in total. The van der Waals surface area contributed by atoms with Gasteiger partial charge in [-0.25, -0.2) is 0 Å². The Labute approximate surface area is 418 Å². The van der Waals surface area contributed by atoms with Crippen molar-refractivity contribution in [3.63, 3.8) is 0 Å². The predicted octanol–water partition coefficient (Wildman–Crippen LogP) is 18.1. The van der Waals surface area contributed by atoms with E-state index < -0.39 is 13.9 Å². The van der Waals surface area contributed by atoms with Crippen LogP contribution >= 0.6 is 7.82 Å². The minimum atomic E-state index is -4.53. The molecule has 402 valence electrons. The molecule has 0 bridgehead atoms. The van der Waals surface area contributed by atoms with Crippen molar-refractivity contribution in [3.05, 3.63) is 0 Å². The number of unbranched alkanes of at least 4 members (excludes halogenated alkanes) is 43. The summed E-state index contributed by atoms with van der Waals surface area (Å²) in [5.74, 6) is -0.322. The number of hydrogen-bond donors (Lipinski definition) is 0. The van der Waals surface area contributed by atoms with Gasteiger partial charge in [-0.15, -0.1) is 0 Å². The molecule has 0 radical (unpaired) electrons. The third-order valence-corrected chi connectivity index (χ3v) is 14.6. The van der Waals surface area contributed by atoms with E-state index in [4.69, 9.17) is 18.5 Å². The molecule has 2 unspecified atom stereocenters. The van der Waals surface area contributed by atoms with Crippen molar-refractivity contribution in [1.29, 1.82) is 0 Å². The van der Waals surface area contributed by atoms with Crippen molar-refractivity contribution in [2.24, 2.45) is 0 Å². The summed E-state index contributed by atoms with van der Waals surface area (Å²) in [7, 11) is 1.38. The van der Waals surface area contributed by atoms with Crippen LogP contribution in [-0.2, 0) is 27.9 Å². The van der Waals surface area contributed by atoms with Crippen molar-refractivity contribution in [1.82, 2.24) is 0 Å². The quantitative estimate of drug-likeness (QED) is 0.0259. The molecule has 0 aliphatic heterocycles. The Hall–Kier alpha value is -0.500. The fourth-order valence-electron chi connectivity index (χ4n) is 9.08. The average Bonchev–Trinajstić information content (AvgIpc) is 3.29. The van der Waals surface area contributed by atoms with Gasteiger partial charge in [0.15, 0.2) is 0 Å². The monoisotopic (exact) mass is 972 g/mol. The van der Waals surface area contributed by atoms with E-state index in [0.717, 1.165) is 32.1 Å². The highest BCUT2D eigenvalue weighted by Crippen LogP contribution is 2.38. The van der Waals surface area contributed by atoms with E-state index in [2.05, 4.69) is 13.8 Å². The Balaban J connectivity index is 3.99. The van der Waals surface area contributed by atoms with E-state index in [-0.39, 0.29) is 25.8 Å². The number of nitrogens with zero attached hydrogens (tertiary/aromatic N) is 1. The molecule has 0 aromatic carbocycles. The molecule has 0 amide bonds. The number of phosphoric acid groups is 1. The third kappa shape index (κ3) is 56.3. The number of quaternary nitrogens is 1. The van der Waals surface area contributed by atoms with E-state index in [0.29, 0.717) is 24.1 Å². The highest BCUT2D eigenvalue weighted by atomic mass is 31.2. The van der Waals surface area contributed by atoms with Crippen LogP contribution in [0, 0.1) is 0 Å². The van der Waals surface area contributed by atoms with Gasteiger partial charge in [0.05, 0.1) is 34.4 Å². The molecular weight excluding hydrogens is 854 g/mol. The number of ether oxygens (including phenoxy) is 2. The number of carbonyl (C=O) groups is 1. The van der Waals surface area contributed by atoms with Crippen molar-refractivity contribution in [2.45, 2.75) is 315 Å². The Bertz CT molecular complexity index is 1040. The van der Waals surface area contributed by atoms with E-state index in [1.165, 1.54) is 257 Å². The van der Waals surface area contributed by atoms with Crippen LogP contribution in [0.3, 0.4) is 0 Å². The first-order valence-electron chi connectivity index (χ1n) is 29.8. The van der Waals surface area contributed by atoms with Gasteiger partial charge in [-0.05, 0) is 12.8 Å². The molecule has 0 rings (SSSR count). The molecule has 67 heavy (non-hydrogen) atoms. The first kappa shape index (κ1) is 66.5. The molecule has 0 aliphatic rings. The fourth-order valence-corrected chi connectivity index (χ4v) is 9.81. The van der Waals surface area contributed by atoms with E-state index in [1.54, 1.807) is 0 Å². The molecule has 0 aliphatic carbocycles. The summed E-state index contributed by atoms with van der Waals surface area (Å²) in [5.41, 5.74) is 0. The van der Waals surface area contributed by atoms with Gasteiger partial charge in [0.1, 0.15) is 19.3 Å². The van der Waals surface area contributed by atoms with Crippen LogP contribution in [-0.4, -0.2) is 70.7 Å². The second-order valence-corrected chi connectivity index (χ2v) is 23.1. The summed E-state index contributed by atoms with van der Waals surface area (Å²) in [5, 5.41) is 0. The van der Waals surface area contributed by atoms with Gasteiger partial charge in [0.25, 0.3) is 7.82 Å². The standard InChI is InChI=1S/C58H118NO7P/c1-6-8-10-12-14-16-18-20-22-24-26-28-30-31-33-35-37-39-41-43-45-47-49-51-58(60)66-57(56-65-67(61,62)64-54-52-59(3,4)5)55-63-53-50-48-46-44-42-40-38-36-34-32-29-27-25-23-21-19-17-15-13-11-9-7-2/h57H,6-56H2,1-5H3. The number of phosphoric ester groups is 1. The zero-order valence-electron chi connectivity index (χ0n) is 45.9. The largest absolute Gasteiger partial charge is 0.756 e. The van der Waals surface area contributed by atoms with E-state index in [1.807, 2.05) is 21.1 Å². The summed E-state index contributed by atoms with van der Waals surface area (Å²) in [6, 6.07) is 0. The van der Waals surface area contributed by atoms with Crippen LogP contribution in [0.4, 0.5) is 0 Å². The molecule has 0 aromatic heterocycles. The first-order valence-corrected chi connectivity index (χ1v) is 31.2. The number of likely N-dealkylation sites (N-methyl/N-ethyl adjacent to an activating group) is 1. The van der Waals surface area contributed by atoms with Crippen molar-refractivity contribution in [3.8, 4) is 0 Å². The molecule has 0 heterocycles. The number of esters is 1. The van der Waals surface area contributed by atoms with Gasteiger partial charge < -0.3 is 27.9 Å². The first-order chi connectivity index (χ1) is 32.6. The zero-order valence-corrected chi connectivity index (χ0v) is 46.8. The van der Waals surface area contributed by atoms with Gasteiger partial charge in [-0.2, -0.15) is 0 Å². The second-order valence-electron chi connectivity index (χ2n) is 21.7. The molecule has 2 atom stereocenters. The van der Waals surface area contributed by atoms with Crippen molar-refractivity contribution >= 4 is 13.8 Å². The molecule has 0 aromatic rings. The average molecular weight is 973 g/mol. The molecular formula is C58H118NO7P. The van der Waals surface area contributed by atoms with Crippen LogP contribution in [0.2, 0.25) is 0 Å². The summed E-state index contributed by atoms with van der Waals surface area (Å²) in [6.07, 6.45) is 60.1. The van der Waals surface area contributed by atoms with Crippen molar-refractivity contribution < 1.29 is 37.3 Å². The molecule has 0 fully saturated rings. The number of rotatable bonds is 57. The fraction of sp³-hybridized carbons (Fsp3) is 0.983. The van der Waals surface area contributed by atoms with Crippen LogP contribution < -0.4 is 4.89 Å². The lowest BCUT2D eigenvalue weighted by Gasteiger charge is -2.28. The van der Waals surface area contributed by atoms with E-state index >= 15 is 0 Å². The van der Waals surface area contributed by atoms with Crippen molar-refractivity contribution in [2.75, 3.05) is 54.1 Å². The maximum Gasteiger partial charge on any atom is 0.306 e. The van der Waals surface area contributed by atoms with Gasteiger partial charge >= 0.3 is 5.97 Å². The van der Waals surface area contributed by atoms with E-state index in [9.17, 15) is 14.3 Å². The second kappa shape index (κ2) is 51.8. The summed E-state index contributed by atoms with van der Waals surface area (Å²) < 4.78 is 34.9. The summed E-state index contributed by atoms with van der Waals surface area (Å²) >= 11 is 0. The van der Waals surface area contributed by atoms with Gasteiger partial charge in [0, 0.05) is 13.0 Å². The van der Waals surface area contributed by atoms with Crippen LogP contribution in [0.25, 0.3) is 0 Å². The molecule has 0 spiro atoms. The SMILES string of the molecule is CCCCCCCCCCCCCCCCCCCCCCCCCC(=O)OC(COCCCCCCCCCCCCCCCCCCCCCCCC)COP(=O)([O-])OCC[N+](C)(C)C. The number of carbonyl (C=O) groups excluding carboxylic acids is 1. The highest BCUT2D eigenvalue weighted by Gasteiger charge is 2.20. The smallest absolute Gasteiger partial charge is 0.306 e. The van der Waals surface area contributed by atoms with Crippen LogP contribution in [0.1, 0.15) is 309 Å². The third-order valence-electron chi connectivity index (χ3n) is 13.7. The minimum Gasteiger partial charge on any atom is -0.756 e. The Morgan fingerprint density at radius 1 is 0.403 bits per heavy atom. The molecule has 8 nitrogen and oxygen atoms in total. The minimum absolute atomic E-state index is 0.0320. The topological polar surface area (TPSA) is 94.1 Å². The highest BCUT2D eigenvalue weighted by molar-refractivity contribution is 7.45. The summed E-state index contributed by atoms with van der Waals surface area (Å²) in [6.45, 7) is 5.51. The maximum absolute atomic E-state index is 12.8.